The van der Waals surface area contributed by atoms with Crippen LogP contribution in [-0.2, 0) is 6.42 Å². The SMILES string of the molecule is O=C(Nc1nnc(Cc2cccs2)o1)c1ccccc1F. The third-order valence-electron chi connectivity index (χ3n) is 2.71. The summed E-state index contributed by atoms with van der Waals surface area (Å²) in [5.74, 6) is -0.839. The first-order valence-corrected chi connectivity index (χ1v) is 7.01. The van der Waals surface area contributed by atoms with Gasteiger partial charge in [0.15, 0.2) is 0 Å². The number of amides is 1. The average molecular weight is 303 g/mol. The third-order valence-corrected chi connectivity index (χ3v) is 3.59. The van der Waals surface area contributed by atoms with Gasteiger partial charge in [0.2, 0.25) is 5.89 Å². The van der Waals surface area contributed by atoms with E-state index in [2.05, 4.69) is 15.5 Å². The monoisotopic (exact) mass is 303 g/mol. The Bertz CT molecular complexity index is 755. The van der Waals surface area contributed by atoms with E-state index in [9.17, 15) is 9.18 Å². The molecular formula is C14H10FN3O2S. The number of carbonyl (C=O) groups is 1. The molecular weight excluding hydrogens is 293 g/mol. The molecule has 0 unspecified atom stereocenters. The van der Waals surface area contributed by atoms with Gasteiger partial charge in [-0.25, -0.2) is 4.39 Å². The summed E-state index contributed by atoms with van der Waals surface area (Å²) >= 11 is 1.58. The fourth-order valence-corrected chi connectivity index (χ4v) is 2.44. The molecule has 3 rings (SSSR count). The van der Waals surface area contributed by atoms with Crippen molar-refractivity contribution in [3.63, 3.8) is 0 Å². The van der Waals surface area contributed by atoms with Crippen LogP contribution in [0.15, 0.2) is 46.2 Å². The zero-order chi connectivity index (χ0) is 14.7. The predicted octanol–water partition coefficient (Wildman–Crippen LogP) is 3.11. The van der Waals surface area contributed by atoms with Crippen LogP contribution in [0, 0.1) is 5.82 Å². The van der Waals surface area contributed by atoms with Crippen molar-refractivity contribution < 1.29 is 13.6 Å². The van der Waals surface area contributed by atoms with Crippen molar-refractivity contribution in [3.8, 4) is 0 Å². The molecule has 1 aromatic carbocycles. The molecule has 2 heterocycles. The van der Waals surface area contributed by atoms with Crippen molar-refractivity contribution in [2.75, 3.05) is 5.32 Å². The summed E-state index contributed by atoms with van der Waals surface area (Å²) in [6.07, 6.45) is 0.500. The Morgan fingerprint density at radius 1 is 1.24 bits per heavy atom. The minimum absolute atomic E-state index is 0.0465. The maximum absolute atomic E-state index is 13.5. The van der Waals surface area contributed by atoms with Gasteiger partial charge >= 0.3 is 6.01 Å². The molecule has 1 amide bonds. The molecule has 0 aliphatic rings. The van der Waals surface area contributed by atoms with Gasteiger partial charge in [-0.3, -0.25) is 10.1 Å². The number of aromatic nitrogens is 2. The van der Waals surface area contributed by atoms with E-state index in [-0.39, 0.29) is 11.6 Å². The maximum atomic E-state index is 13.5. The standard InChI is InChI=1S/C14H10FN3O2S/c15-11-6-2-1-5-10(11)13(19)16-14-18-17-12(20-14)8-9-4-3-7-21-9/h1-7H,8H2,(H,16,18,19). The Labute approximate surface area is 123 Å². The zero-order valence-electron chi connectivity index (χ0n) is 10.7. The number of rotatable bonds is 4. The Morgan fingerprint density at radius 3 is 2.86 bits per heavy atom. The second-order valence-corrected chi connectivity index (χ2v) is 5.22. The molecule has 0 spiro atoms. The fraction of sp³-hybridized carbons (Fsp3) is 0.0714. The van der Waals surface area contributed by atoms with Crippen LogP contribution in [0.25, 0.3) is 0 Å². The van der Waals surface area contributed by atoms with Gasteiger partial charge in [-0.2, -0.15) is 0 Å². The van der Waals surface area contributed by atoms with Crippen LogP contribution in [0.5, 0.6) is 0 Å². The molecule has 0 fully saturated rings. The number of benzene rings is 1. The number of hydrogen-bond acceptors (Lipinski definition) is 5. The van der Waals surface area contributed by atoms with Crippen LogP contribution in [0.1, 0.15) is 21.1 Å². The molecule has 0 atom stereocenters. The summed E-state index contributed by atoms with van der Waals surface area (Å²) in [6, 6.07) is 9.52. The minimum Gasteiger partial charge on any atom is -0.407 e. The number of anilines is 1. The Morgan fingerprint density at radius 2 is 2.10 bits per heavy atom. The molecule has 106 valence electrons. The van der Waals surface area contributed by atoms with E-state index >= 15 is 0 Å². The number of nitrogens with zero attached hydrogens (tertiary/aromatic N) is 2. The first-order valence-electron chi connectivity index (χ1n) is 6.13. The molecule has 7 heteroatoms. The topological polar surface area (TPSA) is 68.0 Å². The predicted molar refractivity (Wildman–Crippen MR) is 75.8 cm³/mol. The number of thiophene rings is 1. The molecule has 0 radical (unpaired) electrons. The zero-order valence-corrected chi connectivity index (χ0v) is 11.6. The van der Waals surface area contributed by atoms with Crippen LogP contribution in [0.3, 0.4) is 0 Å². The van der Waals surface area contributed by atoms with E-state index in [1.165, 1.54) is 18.2 Å². The fourth-order valence-electron chi connectivity index (χ4n) is 1.75. The quantitative estimate of drug-likeness (QED) is 0.804. The highest BCUT2D eigenvalue weighted by Gasteiger charge is 2.14. The van der Waals surface area contributed by atoms with Gasteiger partial charge in [0, 0.05) is 4.88 Å². The van der Waals surface area contributed by atoms with E-state index in [1.54, 1.807) is 17.4 Å². The number of halogens is 1. The number of nitrogens with one attached hydrogen (secondary N) is 1. The van der Waals surface area contributed by atoms with Crippen molar-refractivity contribution >= 4 is 23.3 Å². The molecule has 2 aromatic heterocycles. The van der Waals surface area contributed by atoms with E-state index < -0.39 is 11.7 Å². The van der Waals surface area contributed by atoms with Crippen LogP contribution in [-0.4, -0.2) is 16.1 Å². The molecule has 5 nitrogen and oxygen atoms in total. The van der Waals surface area contributed by atoms with Crippen molar-refractivity contribution in [3.05, 3.63) is 63.9 Å². The summed E-state index contributed by atoms with van der Waals surface area (Å²) in [4.78, 5) is 13.0. The molecule has 0 saturated carbocycles. The Hall–Kier alpha value is -2.54. The Balaban J connectivity index is 1.70. The summed E-state index contributed by atoms with van der Waals surface area (Å²) in [5.41, 5.74) is -0.0736. The third kappa shape index (κ3) is 3.14. The lowest BCUT2D eigenvalue weighted by Gasteiger charge is -2.01. The van der Waals surface area contributed by atoms with Crippen LogP contribution in [0.4, 0.5) is 10.4 Å². The van der Waals surface area contributed by atoms with Crippen molar-refractivity contribution in [2.45, 2.75) is 6.42 Å². The van der Waals surface area contributed by atoms with Gasteiger partial charge in [-0.05, 0) is 23.6 Å². The van der Waals surface area contributed by atoms with Crippen LogP contribution >= 0.6 is 11.3 Å². The summed E-state index contributed by atoms with van der Waals surface area (Å²) in [7, 11) is 0. The van der Waals surface area contributed by atoms with Crippen LogP contribution < -0.4 is 5.32 Å². The number of hydrogen-bond donors (Lipinski definition) is 1. The molecule has 0 bridgehead atoms. The Kier molecular flexibility index (Phi) is 3.74. The highest BCUT2D eigenvalue weighted by atomic mass is 32.1. The second-order valence-electron chi connectivity index (χ2n) is 4.19. The van der Waals surface area contributed by atoms with Gasteiger partial charge in [0.1, 0.15) is 5.82 Å². The van der Waals surface area contributed by atoms with Gasteiger partial charge in [0.05, 0.1) is 12.0 Å². The van der Waals surface area contributed by atoms with E-state index in [0.717, 1.165) is 4.88 Å². The van der Waals surface area contributed by atoms with E-state index in [1.807, 2.05) is 17.5 Å². The molecule has 0 aliphatic carbocycles. The van der Waals surface area contributed by atoms with Gasteiger partial charge < -0.3 is 4.42 Å². The second kappa shape index (κ2) is 5.84. The highest BCUT2D eigenvalue weighted by molar-refractivity contribution is 7.09. The molecule has 21 heavy (non-hydrogen) atoms. The molecule has 1 N–H and O–H groups in total. The molecule has 0 saturated heterocycles. The van der Waals surface area contributed by atoms with Crippen LogP contribution in [0.2, 0.25) is 0 Å². The lowest BCUT2D eigenvalue weighted by Crippen LogP contribution is -2.13. The summed E-state index contributed by atoms with van der Waals surface area (Å²) < 4.78 is 18.8. The summed E-state index contributed by atoms with van der Waals surface area (Å²) in [5, 5.41) is 11.9. The highest BCUT2D eigenvalue weighted by Crippen LogP contribution is 2.16. The normalized spacial score (nSPS) is 10.5. The average Bonchev–Trinajstić information content (AvgIpc) is 3.12. The van der Waals surface area contributed by atoms with Crippen molar-refractivity contribution in [2.24, 2.45) is 0 Å². The maximum Gasteiger partial charge on any atom is 0.322 e. The number of carbonyl (C=O) groups excluding carboxylic acids is 1. The molecule has 0 aliphatic heterocycles. The minimum atomic E-state index is -0.626. The first-order chi connectivity index (χ1) is 10.2. The molecule has 3 aromatic rings. The van der Waals surface area contributed by atoms with E-state index in [0.29, 0.717) is 12.3 Å². The van der Waals surface area contributed by atoms with Gasteiger partial charge in [0.25, 0.3) is 5.91 Å². The van der Waals surface area contributed by atoms with Crippen molar-refractivity contribution in [1.82, 2.24) is 10.2 Å². The lowest BCUT2D eigenvalue weighted by molar-refractivity contribution is 0.102. The largest absolute Gasteiger partial charge is 0.407 e. The van der Waals surface area contributed by atoms with Gasteiger partial charge in [-0.15, -0.1) is 16.4 Å². The smallest absolute Gasteiger partial charge is 0.322 e. The summed E-state index contributed by atoms with van der Waals surface area (Å²) in [6.45, 7) is 0. The van der Waals surface area contributed by atoms with Crippen molar-refractivity contribution in [1.29, 1.82) is 0 Å². The van der Waals surface area contributed by atoms with E-state index in [4.69, 9.17) is 4.42 Å². The van der Waals surface area contributed by atoms with Gasteiger partial charge in [-0.1, -0.05) is 23.3 Å². The lowest BCUT2D eigenvalue weighted by atomic mass is 10.2. The first kappa shape index (κ1) is 13.4.